The van der Waals surface area contributed by atoms with Gasteiger partial charge in [-0.3, -0.25) is 0 Å². The molecule has 0 aliphatic heterocycles. The number of terminal acetylenes is 1. The quantitative estimate of drug-likeness (QED) is 0.662. The third-order valence-corrected chi connectivity index (χ3v) is 2.01. The molecule has 0 spiro atoms. The van der Waals surface area contributed by atoms with Crippen molar-refractivity contribution in [3.8, 4) is 18.1 Å². The van der Waals surface area contributed by atoms with E-state index in [1.54, 1.807) is 12.3 Å². The van der Waals surface area contributed by atoms with Crippen LogP contribution in [0.5, 0.6) is 5.75 Å². The van der Waals surface area contributed by atoms with Crippen molar-refractivity contribution in [3.63, 3.8) is 0 Å². The van der Waals surface area contributed by atoms with Crippen LogP contribution in [0.1, 0.15) is 12.8 Å². The smallest absolute Gasteiger partial charge is 0.166 e. The third kappa shape index (κ3) is 3.27. The first-order chi connectivity index (χ1) is 6.74. The Kier molecular flexibility index (Phi) is 4.27. The fraction of sp³-hybridized carbons (Fsp3) is 0.300. The van der Waals surface area contributed by atoms with Crippen LogP contribution in [-0.4, -0.2) is 11.6 Å². The number of ether oxygens (including phenoxy) is 1. The average Bonchev–Trinajstić information content (AvgIpc) is 2.18. The zero-order chi connectivity index (χ0) is 10.4. The van der Waals surface area contributed by atoms with Crippen molar-refractivity contribution >= 4 is 21.7 Å². The Morgan fingerprint density at radius 3 is 3.14 bits per heavy atom. The highest BCUT2D eigenvalue weighted by atomic mass is 79.9. The number of rotatable bonds is 4. The minimum atomic E-state index is 0.397. The SMILES string of the molecule is C#CCCCOc1cc(Br)cnc1N. The van der Waals surface area contributed by atoms with Crippen LogP contribution in [0.15, 0.2) is 16.7 Å². The molecule has 0 unspecified atom stereocenters. The summed E-state index contributed by atoms with van der Waals surface area (Å²) >= 11 is 3.29. The minimum Gasteiger partial charge on any atom is -0.490 e. The molecule has 1 rings (SSSR count). The molecule has 0 amide bonds. The summed E-state index contributed by atoms with van der Waals surface area (Å²) in [6, 6.07) is 1.79. The van der Waals surface area contributed by atoms with Crippen LogP contribution in [0, 0.1) is 12.3 Å². The molecular formula is C10H11BrN2O. The second-order valence-electron chi connectivity index (χ2n) is 2.69. The topological polar surface area (TPSA) is 48.1 Å². The maximum Gasteiger partial charge on any atom is 0.166 e. The Morgan fingerprint density at radius 2 is 2.43 bits per heavy atom. The first-order valence-electron chi connectivity index (χ1n) is 4.21. The first-order valence-corrected chi connectivity index (χ1v) is 5.00. The van der Waals surface area contributed by atoms with Gasteiger partial charge in [-0.05, 0) is 28.4 Å². The van der Waals surface area contributed by atoms with E-state index in [0.717, 1.165) is 10.9 Å². The Balaban J connectivity index is 2.50. The number of halogens is 1. The van der Waals surface area contributed by atoms with Crippen molar-refractivity contribution in [1.29, 1.82) is 0 Å². The van der Waals surface area contributed by atoms with E-state index in [2.05, 4.69) is 26.8 Å². The lowest BCUT2D eigenvalue weighted by atomic mass is 10.3. The number of nitrogens with zero attached hydrogens (tertiary/aromatic N) is 1. The third-order valence-electron chi connectivity index (χ3n) is 1.57. The van der Waals surface area contributed by atoms with E-state index in [0.29, 0.717) is 24.6 Å². The maximum absolute atomic E-state index is 5.61. The molecule has 14 heavy (non-hydrogen) atoms. The summed E-state index contributed by atoms with van der Waals surface area (Å²) < 4.78 is 6.25. The molecule has 0 aromatic carbocycles. The number of aromatic nitrogens is 1. The summed E-state index contributed by atoms with van der Waals surface area (Å²) in [6.07, 6.45) is 8.27. The van der Waals surface area contributed by atoms with Crippen LogP contribution in [0.2, 0.25) is 0 Å². The van der Waals surface area contributed by atoms with E-state index in [4.69, 9.17) is 16.9 Å². The highest BCUT2D eigenvalue weighted by Crippen LogP contribution is 2.22. The molecule has 0 saturated heterocycles. The van der Waals surface area contributed by atoms with Gasteiger partial charge in [0.05, 0.1) is 6.61 Å². The second kappa shape index (κ2) is 5.51. The summed E-state index contributed by atoms with van der Waals surface area (Å²) in [7, 11) is 0. The van der Waals surface area contributed by atoms with Crippen molar-refractivity contribution in [2.45, 2.75) is 12.8 Å². The van der Waals surface area contributed by atoms with Gasteiger partial charge in [-0.2, -0.15) is 0 Å². The maximum atomic E-state index is 5.61. The van der Waals surface area contributed by atoms with Crippen LogP contribution in [0.25, 0.3) is 0 Å². The van der Waals surface area contributed by atoms with Gasteiger partial charge in [0.1, 0.15) is 0 Å². The predicted molar refractivity (Wildman–Crippen MR) is 59.9 cm³/mol. The van der Waals surface area contributed by atoms with Gasteiger partial charge < -0.3 is 10.5 Å². The molecule has 0 bridgehead atoms. The summed E-state index contributed by atoms with van der Waals surface area (Å²) in [4.78, 5) is 3.94. The zero-order valence-electron chi connectivity index (χ0n) is 7.66. The highest BCUT2D eigenvalue weighted by molar-refractivity contribution is 9.10. The van der Waals surface area contributed by atoms with Crippen LogP contribution in [0.3, 0.4) is 0 Å². The number of hydrogen-bond acceptors (Lipinski definition) is 3. The molecule has 0 aliphatic rings. The van der Waals surface area contributed by atoms with Crippen molar-refractivity contribution in [1.82, 2.24) is 4.98 Å². The van der Waals surface area contributed by atoms with Gasteiger partial charge in [0.25, 0.3) is 0 Å². The number of unbranched alkanes of at least 4 members (excludes halogenated alkanes) is 1. The molecule has 0 radical (unpaired) electrons. The Hall–Kier alpha value is -1.21. The van der Waals surface area contributed by atoms with Crippen molar-refractivity contribution in [3.05, 3.63) is 16.7 Å². The van der Waals surface area contributed by atoms with Gasteiger partial charge in [0, 0.05) is 17.1 Å². The molecular weight excluding hydrogens is 244 g/mol. The van der Waals surface area contributed by atoms with Gasteiger partial charge in [0.2, 0.25) is 0 Å². The van der Waals surface area contributed by atoms with E-state index in [1.807, 2.05) is 0 Å². The second-order valence-corrected chi connectivity index (χ2v) is 3.61. The molecule has 3 nitrogen and oxygen atoms in total. The first kappa shape index (κ1) is 10.9. The van der Waals surface area contributed by atoms with Crippen LogP contribution < -0.4 is 10.5 Å². The Labute approximate surface area is 91.8 Å². The molecule has 0 atom stereocenters. The molecule has 0 saturated carbocycles. The van der Waals surface area contributed by atoms with E-state index < -0.39 is 0 Å². The highest BCUT2D eigenvalue weighted by Gasteiger charge is 2.01. The fourth-order valence-electron chi connectivity index (χ4n) is 0.903. The molecule has 0 fully saturated rings. The largest absolute Gasteiger partial charge is 0.490 e. The molecule has 0 aliphatic carbocycles. The fourth-order valence-corrected chi connectivity index (χ4v) is 1.21. The molecule has 2 N–H and O–H groups in total. The van der Waals surface area contributed by atoms with Gasteiger partial charge in [-0.15, -0.1) is 12.3 Å². The number of nitrogen functional groups attached to an aromatic ring is 1. The summed E-state index contributed by atoms with van der Waals surface area (Å²) in [5.41, 5.74) is 5.61. The summed E-state index contributed by atoms with van der Waals surface area (Å²) in [5, 5.41) is 0. The van der Waals surface area contributed by atoms with Crippen molar-refractivity contribution < 1.29 is 4.74 Å². The molecule has 74 valence electrons. The monoisotopic (exact) mass is 254 g/mol. The lowest BCUT2D eigenvalue weighted by Gasteiger charge is -2.07. The lowest BCUT2D eigenvalue weighted by Crippen LogP contribution is -2.01. The number of nitrogens with two attached hydrogens (primary N) is 1. The zero-order valence-corrected chi connectivity index (χ0v) is 9.25. The van der Waals surface area contributed by atoms with Crippen molar-refractivity contribution in [2.75, 3.05) is 12.3 Å². The van der Waals surface area contributed by atoms with Gasteiger partial charge in [-0.25, -0.2) is 4.98 Å². The van der Waals surface area contributed by atoms with E-state index in [9.17, 15) is 0 Å². The normalized spacial score (nSPS) is 9.43. The van der Waals surface area contributed by atoms with Gasteiger partial charge >= 0.3 is 0 Å². The Bertz CT molecular complexity index is 346. The average molecular weight is 255 g/mol. The lowest BCUT2D eigenvalue weighted by molar-refractivity contribution is 0.313. The molecule has 1 aromatic heterocycles. The van der Waals surface area contributed by atoms with E-state index >= 15 is 0 Å². The van der Waals surface area contributed by atoms with Crippen molar-refractivity contribution in [2.24, 2.45) is 0 Å². The summed E-state index contributed by atoms with van der Waals surface area (Å²) in [5.74, 6) is 3.53. The molecule has 1 aromatic rings. The van der Waals surface area contributed by atoms with Gasteiger partial charge in [0.15, 0.2) is 11.6 Å². The summed E-state index contributed by atoms with van der Waals surface area (Å²) in [6.45, 7) is 0.562. The van der Waals surface area contributed by atoms with Crippen LogP contribution in [0.4, 0.5) is 5.82 Å². The molecule has 1 heterocycles. The number of anilines is 1. The Morgan fingerprint density at radius 1 is 1.64 bits per heavy atom. The number of pyridine rings is 1. The molecule has 4 heteroatoms. The van der Waals surface area contributed by atoms with Crippen LogP contribution in [-0.2, 0) is 0 Å². The standard InChI is InChI=1S/C10H11BrN2O/c1-2-3-4-5-14-9-6-8(11)7-13-10(9)12/h1,6-7H,3-5H2,(H2,12,13). The number of hydrogen-bond donors (Lipinski definition) is 1. The van der Waals surface area contributed by atoms with E-state index in [1.165, 1.54) is 0 Å². The van der Waals surface area contributed by atoms with Crippen LogP contribution >= 0.6 is 15.9 Å². The minimum absolute atomic E-state index is 0.397. The van der Waals surface area contributed by atoms with Gasteiger partial charge in [-0.1, -0.05) is 0 Å². The predicted octanol–water partition coefficient (Wildman–Crippen LogP) is 2.22. The van der Waals surface area contributed by atoms with E-state index in [-0.39, 0.29) is 0 Å².